The Hall–Kier alpha value is -2.44. The second-order valence-corrected chi connectivity index (χ2v) is 4.85. The third kappa shape index (κ3) is 2.13. The second-order valence-electron chi connectivity index (χ2n) is 4.85. The molecular formula is C16H16N2O4. The standard InChI is InChI=1S/C16H16N2O4/c1-17-18-15(19)11-5-3-4-10-13(22-9-8-21-2)7-6-12(14(10)11)16(18)20/h3-7,17H,8-9H2,1-2H3. The van der Waals surface area contributed by atoms with Crippen LogP contribution in [0, 0.1) is 0 Å². The fourth-order valence-electron chi connectivity index (χ4n) is 2.63. The molecule has 22 heavy (non-hydrogen) atoms. The fraction of sp³-hybridized carbons (Fsp3) is 0.250. The van der Waals surface area contributed by atoms with E-state index < -0.39 is 0 Å². The van der Waals surface area contributed by atoms with Crippen LogP contribution in [0.15, 0.2) is 30.3 Å². The Bertz CT molecular complexity index is 735. The summed E-state index contributed by atoms with van der Waals surface area (Å²) < 4.78 is 10.7. The van der Waals surface area contributed by atoms with E-state index in [1.165, 1.54) is 0 Å². The molecule has 1 N–H and O–H groups in total. The summed E-state index contributed by atoms with van der Waals surface area (Å²) in [7, 11) is 3.15. The highest BCUT2D eigenvalue weighted by molar-refractivity contribution is 6.25. The first-order valence-corrected chi connectivity index (χ1v) is 6.92. The number of carbonyl (C=O) groups is 2. The van der Waals surface area contributed by atoms with Gasteiger partial charge in [0, 0.05) is 24.9 Å². The Labute approximate surface area is 127 Å². The topological polar surface area (TPSA) is 67.9 Å². The smallest absolute Gasteiger partial charge is 0.275 e. The summed E-state index contributed by atoms with van der Waals surface area (Å²) in [5.74, 6) is -0.0876. The summed E-state index contributed by atoms with van der Waals surface area (Å²) in [5.41, 5.74) is 3.60. The van der Waals surface area contributed by atoms with Crippen molar-refractivity contribution in [1.29, 1.82) is 0 Å². The number of methoxy groups -OCH3 is 1. The number of benzene rings is 2. The lowest BCUT2D eigenvalue weighted by Gasteiger charge is -2.26. The minimum atomic E-state index is -0.361. The molecule has 0 fully saturated rings. The third-order valence-electron chi connectivity index (χ3n) is 3.64. The van der Waals surface area contributed by atoms with Crippen LogP contribution in [-0.4, -0.2) is 44.2 Å². The lowest BCUT2D eigenvalue weighted by atomic mass is 9.94. The van der Waals surface area contributed by atoms with E-state index in [-0.39, 0.29) is 11.8 Å². The molecule has 3 rings (SSSR count). The van der Waals surface area contributed by atoms with E-state index in [0.717, 1.165) is 10.4 Å². The molecule has 1 aliphatic heterocycles. The van der Waals surface area contributed by atoms with Gasteiger partial charge in [-0.05, 0) is 18.2 Å². The number of hydrogen-bond acceptors (Lipinski definition) is 5. The van der Waals surface area contributed by atoms with Crippen molar-refractivity contribution in [2.45, 2.75) is 0 Å². The van der Waals surface area contributed by atoms with Crippen LogP contribution in [0.2, 0.25) is 0 Å². The number of ether oxygens (including phenoxy) is 2. The van der Waals surface area contributed by atoms with E-state index in [2.05, 4.69) is 5.43 Å². The highest BCUT2D eigenvalue weighted by atomic mass is 16.5. The summed E-state index contributed by atoms with van der Waals surface area (Å²) >= 11 is 0. The van der Waals surface area contributed by atoms with Gasteiger partial charge in [0.25, 0.3) is 11.8 Å². The van der Waals surface area contributed by atoms with Gasteiger partial charge in [-0.1, -0.05) is 12.1 Å². The normalized spacial score (nSPS) is 13.8. The Morgan fingerprint density at radius 3 is 2.45 bits per heavy atom. The van der Waals surface area contributed by atoms with Gasteiger partial charge in [0.05, 0.1) is 17.7 Å². The number of hydrazine groups is 1. The van der Waals surface area contributed by atoms with E-state index in [1.807, 2.05) is 6.07 Å². The van der Waals surface area contributed by atoms with E-state index >= 15 is 0 Å². The fourth-order valence-corrected chi connectivity index (χ4v) is 2.63. The van der Waals surface area contributed by atoms with Crippen molar-refractivity contribution in [3.8, 4) is 5.75 Å². The Balaban J connectivity index is 2.16. The van der Waals surface area contributed by atoms with Crippen LogP contribution in [-0.2, 0) is 4.74 Å². The van der Waals surface area contributed by atoms with Crippen LogP contribution in [0.4, 0.5) is 0 Å². The molecule has 0 spiro atoms. The molecule has 1 aliphatic rings. The third-order valence-corrected chi connectivity index (χ3v) is 3.64. The van der Waals surface area contributed by atoms with Crippen molar-refractivity contribution in [3.05, 3.63) is 41.5 Å². The van der Waals surface area contributed by atoms with Crippen molar-refractivity contribution in [3.63, 3.8) is 0 Å². The molecule has 0 radical (unpaired) electrons. The number of imide groups is 1. The van der Waals surface area contributed by atoms with Crippen molar-refractivity contribution < 1.29 is 19.1 Å². The molecule has 0 saturated heterocycles. The molecule has 0 unspecified atom stereocenters. The lowest BCUT2D eigenvalue weighted by Crippen LogP contribution is -2.47. The van der Waals surface area contributed by atoms with Crippen LogP contribution in [0.5, 0.6) is 5.75 Å². The van der Waals surface area contributed by atoms with Crippen molar-refractivity contribution in [2.75, 3.05) is 27.4 Å². The van der Waals surface area contributed by atoms with Gasteiger partial charge < -0.3 is 9.47 Å². The molecule has 2 aromatic carbocycles. The van der Waals surface area contributed by atoms with Gasteiger partial charge >= 0.3 is 0 Å². The molecule has 6 nitrogen and oxygen atoms in total. The predicted molar refractivity (Wildman–Crippen MR) is 80.9 cm³/mol. The summed E-state index contributed by atoms with van der Waals surface area (Å²) in [4.78, 5) is 24.8. The maximum absolute atomic E-state index is 12.4. The number of carbonyl (C=O) groups excluding carboxylic acids is 2. The Kier molecular flexibility index (Phi) is 3.79. The molecule has 2 aromatic rings. The average Bonchev–Trinajstić information content (AvgIpc) is 2.54. The molecule has 6 heteroatoms. The molecule has 0 bridgehead atoms. The van der Waals surface area contributed by atoms with Gasteiger partial charge in [0.15, 0.2) is 0 Å². The molecule has 0 atom stereocenters. The largest absolute Gasteiger partial charge is 0.491 e. The molecule has 114 valence electrons. The van der Waals surface area contributed by atoms with E-state index in [9.17, 15) is 9.59 Å². The van der Waals surface area contributed by atoms with E-state index in [1.54, 1.807) is 38.4 Å². The monoisotopic (exact) mass is 300 g/mol. The maximum atomic E-state index is 12.4. The molecule has 0 aromatic heterocycles. The highest BCUT2D eigenvalue weighted by Gasteiger charge is 2.32. The maximum Gasteiger partial charge on any atom is 0.275 e. The van der Waals surface area contributed by atoms with Crippen LogP contribution < -0.4 is 10.2 Å². The van der Waals surface area contributed by atoms with Crippen LogP contribution >= 0.6 is 0 Å². The Morgan fingerprint density at radius 1 is 1.05 bits per heavy atom. The van der Waals surface area contributed by atoms with Gasteiger partial charge in [-0.3, -0.25) is 9.59 Å². The second kappa shape index (κ2) is 5.75. The van der Waals surface area contributed by atoms with Gasteiger partial charge in [-0.25, -0.2) is 10.4 Å². The van der Waals surface area contributed by atoms with Crippen LogP contribution in [0.25, 0.3) is 10.8 Å². The molecule has 0 aliphatic carbocycles. The van der Waals surface area contributed by atoms with E-state index in [0.29, 0.717) is 35.5 Å². The minimum absolute atomic E-state index is 0.361. The minimum Gasteiger partial charge on any atom is -0.491 e. The zero-order valence-corrected chi connectivity index (χ0v) is 12.4. The van der Waals surface area contributed by atoms with Crippen molar-refractivity contribution >= 4 is 22.6 Å². The molecule has 2 amide bonds. The van der Waals surface area contributed by atoms with Gasteiger partial charge in [0.1, 0.15) is 12.4 Å². The first kappa shape index (κ1) is 14.5. The molecular weight excluding hydrogens is 284 g/mol. The first-order chi connectivity index (χ1) is 10.7. The zero-order chi connectivity index (χ0) is 15.7. The van der Waals surface area contributed by atoms with E-state index in [4.69, 9.17) is 9.47 Å². The average molecular weight is 300 g/mol. The number of nitrogens with one attached hydrogen (secondary N) is 1. The summed E-state index contributed by atoms with van der Waals surface area (Å²) in [6, 6.07) is 8.78. The summed E-state index contributed by atoms with van der Waals surface area (Å²) in [6.45, 7) is 0.869. The molecule has 1 heterocycles. The summed E-state index contributed by atoms with van der Waals surface area (Å²) in [5, 5.41) is 2.41. The van der Waals surface area contributed by atoms with Crippen molar-refractivity contribution in [1.82, 2.24) is 10.4 Å². The van der Waals surface area contributed by atoms with Crippen molar-refractivity contribution in [2.24, 2.45) is 0 Å². The highest BCUT2D eigenvalue weighted by Crippen LogP contribution is 2.34. The number of hydrogen-bond donors (Lipinski definition) is 1. The van der Waals surface area contributed by atoms with Crippen LogP contribution in [0.3, 0.4) is 0 Å². The van der Waals surface area contributed by atoms with Crippen LogP contribution in [0.1, 0.15) is 20.7 Å². The number of amides is 2. The quantitative estimate of drug-likeness (QED) is 0.671. The zero-order valence-electron chi connectivity index (χ0n) is 12.4. The number of rotatable bonds is 5. The first-order valence-electron chi connectivity index (χ1n) is 6.92. The Morgan fingerprint density at radius 2 is 1.77 bits per heavy atom. The summed E-state index contributed by atoms with van der Waals surface area (Å²) in [6.07, 6.45) is 0. The SMILES string of the molecule is CNN1C(=O)c2cccc3c(OCCOC)ccc(c23)C1=O. The predicted octanol–water partition coefficient (Wildman–Crippen LogP) is 1.60. The van der Waals surface area contributed by atoms with Gasteiger partial charge in [-0.2, -0.15) is 0 Å². The lowest BCUT2D eigenvalue weighted by molar-refractivity contribution is 0.0540. The van der Waals surface area contributed by atoms with Gasteiger partial charge in [0.2, 0.25) is 0 Å². The molecule has 0 saturated carbocycles. The van der Waals surface area contributed by atoms with Gasteiger partial charge in [-0.15, -0.1) is 0 Å². The number of nitrogens with zero attached hydrogens (tertiary/aromatic N) is 1.